The molecule has 4 heteroatoms. The highest BCUT2D eigenvalue weighted by Gasteiger charge is 2.16. The summed E-state index contributed by atoms with van der Waals surface area (Å²) in [5.41, 5.74) is 0. The van der Waals surface area contributed by atoms with Crippen LogP contribution in [0.15, 0.2) is 12.2 Å². The minimum Gasteiger partial charge on any atom is -0.458 e. The first kappa shape index (κ1) is 18.7. The van der Waals surface area contributed by atoms with Gasteiger partial charge in [0.05, 0.1) is 13.2 Å². The summed E-state index contributed by atoms with van der Waals surface area (Å²) in [5, 5.41) is 0. The Kier molecular flexibility index (Phi) is 11.9. The van der Waals surface area contributed by atoms with Gasteiger partial charge in [-0.2, -0.15) is 0 Å². The minimum atomic E-state index is -0.907. The second-order valence-electron chi connectivity index (χ2n) is 4.95. The highest BCUT2D eigenvalue weighted by molar-refractivity contribution is 6.29. The molecular weight excluding hydrogens is 256 g/mol. The van der Waals surface area contributed by atoms with Crippen molar-refractivity contribution in [2.75, 3.05) is 13.2 Å². The first-order valence-corrected chi connectivity index (χ1v) is 7.60. The fraction of sp³-hybridized carbons (Fsp3) is 0.750. The lowest BCUT2D eigenvalue weighted by Gasteiger charge is -2.09. The average Bonchev–Trinajstić information content (AvgIpc) is 2.42. The van der Waals surface area contributed by atoms with Crippen LogP contribution in [0.4, 0.5) is 0 Å². The Morgan fingerprint density at radius 1 is 1.05 bits per heavy atom. The Labute approximate surface area is 122 Å². The molecule has 0 aromatic heterocycles. The maximum absolute atomic E-state index is 11.2. The maximum Gasteiger partial charge on any atom is 0.417 e. The zero-order chi connectivity index (χ0) is 15.2. The lowest BCUT2D eigenvalue weighted by molar-refractivity contribution is -0.167. The van der Waals surface area contributed by atoms with Crippen molar-refractivity contribution in [3.63, 3.8) is 0 Å². The van der Waals surface area contributed by atoms with Crippen LogP contribution in [-0.4, -0.2) is 25.2 Å². The molecule has 0 aliphatic carbocycles. The number of hydrogen-bond donors (Lipinski definition) is 0. The van der Waals surface area contributed by atoms with Gasteiger partial charge in [0.15, 0.2) is 0 Å². The molecule has 1 unspecified atom stereocenters. The van der Waals surface area contributed by atoms with E-state index in [0.717, 1.165) is 19.3 Å². The Hall–Kier alpha value is -1.32. The summed E-state index contributed by atoms with van der Waals surface area (Å²) in [6.45, 7) is 6.41. The smallest absolute Gasteiger partial charge is 0.417 e. The molecule has 0 rings (SSSR count). The molecule has 0 aliphatic heterocycles. The summed E-state index contributed by atoms with van der Waals surface area (Å²) in [7, 11) is 0. The Bertz CT molecular complexity index is 297. The van der Waals surface area contributed by atoms with E-state index in [0.29, 0.717) is 5.92 Å². The molecule has 0 spiro atoms. The van der Waals surface area contributed by atoms with Gasteiger partial charge in [-0.05, 0) is 38.5 Å². The number of ether oxygens (including phenoxy) is 2. The Morgan fingerprint density at radius 3 is 2.40 bits per heavy atom. The van der Waals surface area contributed by atoms with Gasteiger partial charge < -0.3 is 9.47 Å². The number of esters is 2. The minimum absolute atomic E-state index is 0.188. The van der Waals surface area contributed by atoms with Crippen LogP contribution in [0.2, 0.25) is 0 Å². The van der Waals surface area contributed by atoms with Crippen LogP contribution in [0.3, 0.4) is 0 Å². The molecule has 0 amide bonds. The number of allylic oxidation sites excluding steroid dienone is 2. The zero-order valence-corrected chi connectivity index (χ0v) is 13.0. The molecule has 0 aromatic rings. The second kappa shape index (κ2) is 12.7. The van der Waals surface area contributed by atoms with Crippen molar-refractivity contribution in [3.05, 3.63) is 12.2 Å². The molecule has 0 saturated carbocycles. The number of hydrogen-bond acceptors (Lipinski definition) is 4. The van der Waals surface area contributed by atoms with Crippen LogP contribution in [0.1, 0.15) is 59.3 Å². The fourth-order valence-corrected chi connectivity index (χ4v) is 1.68. The molecule has 4 nitrogen and oxygen atoms in total. The van der Waals surface area contributed by atoms with E-state index in [2.05, 4.69) is 30.7 Å². The number of rotatable bonds is 10. The largest absolute Gasteiger partial charge is 0.458 e. The summed E-state index contributed by atoms with van der Waals surface area (Å²) in [6.07, 6.45) is 11.1. The molecule has 0 N–H and O–H groups in total. The summed E-state index contributed by atoms with van der Waals surface area (Å²) < 4.78 is 9.40. The van der Waals surface area contributed by atoms with Gasteiger partial charge in [-0.25, -0.2) is 9.59 Å². The molecule has 0 bridgehead atoms. The van der Waals surface area contributed by atoms with Crippen molar-refractivity contribution in [1.29, 1.82) is 0 Å². The molecule has 0 saturated heterocycles. The van der Waals surface area contributed by atoms with Gasteiger partial charge in [-0.15, -0.1) is 0 Å². The van der Waals surface area contributed by atoms with Gasteiger partial charge in [0.2, 0.25) is 0 Å². The van der Waals surface area contributed by atoms with E-state index in [4.69, 9.17) is 4.74 Å². The third-order valence-corrected chi connectivity index (χ3v) is 2.97. The molecule has 116 valence electrons. The standard InChI is InChI=1S/C16H28O4/c1-4-6-7-8-9-10-11-14(3)12-13-20-16(18)15(17)19-5-2/h9-10,14H,4-8,11-13H2,1-3H3. The number of carbonyl (C=O) groups is 2. The van der Waals surface area contributed by atoms with Crippen LogP contribution in [0, 0.1) is 5.92 Å². The molecule has 0 heterocycles. The average molecular weight is 284 g/mol. The van der Waals surface area contributed by atoms with Crippen LogP contribution < -0.4 is 0 Å². The normalized spacial score (nSPS) is 12.3. The van der Waals surface area contributed by atoms with Crippen molar-refractivity contribution in [1.82, 2.24) is 0 Å². The third-order valence-electron chi connectivity index (χ3n) is 2.97. The van der Waals surface area contributed by atoms with Crippen LogP contribution in [-0.2, 0) is 19.1 Å². The van der Waals surface area contributed by atoms with Gasteiger partial charge in [0, 0.05) is 0 Å². The zero-order valence-electron chi connectivity index (χ0n) is 13.0. The second-order valence-corrected chi connectivity index (χ2v) is 4.95. The van der Waals surface area contributed by atoms with Crippen molar-refractivity contribution in [3.8, 4) is 0 Å². The molecule has 0 aromatic carbocycles. The topological polar surface area (TPSA) is 52.6 Å². The first-order chi connectivity index (χ1) is 9.61. The molecule has 0 radical (unpaired) electrons. The van der Waals surface area contributed by atoms with Crippen LogP contribution in [0.5, 0.6) is 0 Å². The van der Waals surface area contributed by atoms with Crippen molar-refractivity contribution >= 4 is 11.9 Å². The fourth-order valence-electron chi connectivity index (χ4n) is 1.68. The lowest BCUT2D eigenvalue weighted by Crippen LogP contribution is -2.21. The highest BCUT2D eigenvalue weighted by atomic mass is 16.6. The van der Waals surface area contributed by atoms with Crippen molar-refractivity contribution in [2.24, 2.45) is 5.92 Å². The maximum atomic E-state index is 11.2. The van der Waals surface area contributed by atoms with E-state index in [-0.39, 0.29) is 13.2 Å². The van der Waals surface area contributed by atoms with E-state index < -0.39 is 11.9 Å². The molecule has 1 atom stereocenters. The highest BCUT2D eigenvalue weighted by Crippen LogP contribution is 2.09. The lowest BCUT2D eigenvalue weighted by atomic mass is 10.0. The van der Waals surface area contributed by atoms with E-state index in [9.17, 15) is 9.59 Å². The quantitative estimate of drug-likeness (QED) is 0.266. The van der Waals surface area contributed by atoms with Gasteiger partial charge in [0.25, 0.3) is 0 Å². The first-order valence-electron chi connectivity index (χ1n) is 7.60. The van der Waals surface area contributed by atoms with Gasteiger partial charge in [-0.3, -0.25) is 0 Å². The predicted octanol–water partition coefficient (Wildman–Crippen LogP) is 3.65. The number of carbonyl (C=O) groups excluding carboxylic acids is 2. The van der Waals surface area contributed by atoms with Gasteiger partial charge >= 0.3 is 11.9 Å². The monoisotopic (exact) mass is 284 g/mol. The summed E-state index contributed by atoms with van der Waals surface area (Å²) in [6, 6.07) is 0. The van der Waals surface area contributed by atoms with Crippen molar-refractivity contribution in [2.45, 2.75) is 59.3 Å². The van der Waals surface area contributed by atoms with Crippen molar-refractivity contribution < 1.29 is 19.1 Å². The summed E-state index contributed by atoms with van der Waals surface area (Å²) >= 11 is 0. The molecular formula is C16H28O4. The van der Waals surface area contributed by atoms with Crippen LogP contribution in [0.25, 0.3) is 0 Å². The Balaban J connectivity index is 3.60. The summed E-state index contributed by atoms with van der Waals surface area (Å²) in [5.74, 6) is -1.36. The summed E-state index contributed by atoms with van der Waals surface area (Å²) in [4.78, 5) is 22.2. The van der Waals surface area contributed by atoms with E-state index in [1.807, 2.05) is 0 Å². The van der Waals surface area contributed by atoms with Crippen LogP contribution >= 0.6 is 0 Å². The molecule has 0 aliphatic rings. The number of unbranched alkanes of at least 4 members (excludes halogenated alkanes) is 3. The van der Waals surface area contributed by atoms with Gasteiger partial charge in [-0.1, -0.05) is 38.8 Å². The van der Waals surface area contributed by atoms with Gasteiger partial charge in [0.1, 0.15) is 0 Å². The third kappa shape index (κ3) is 10.6. The van der Waals surface area contributed by atoms with E-state index in [1.54, 1.807) is 6.92 Å². The molecule has 20 heavy (non-hydrogen) atoms. The van der Waals surface area contributed by atoms with E-state index >= 15 is 0 Å². The molecule has 0 fully saturated rings. The van der Waals surface area contributed by atoms with E-state index in [1.165, 1.54) is 19.3 Å². The predicted molar refractivity (Wildman–Crippen MR) is 79.3 cm³/mol. The SMILES string of the molecule is CCCCCC=CCC(C)CCOC(=O)C(=O)OCC. The Morgan fingerprint density at radius 2 is 1.75 bits per heavy atom.